The molecule has 0 N–H and O–H groups in total. The molecule has 0 aromatic rings. The first-order valence-electron chi connectivity index (χ1n) is 3.68. The van der Waals surface area contributed by atoms with Gasteiger partial charge in [0.25, 0.3) is 0 Å². The van der Waals surface area contributed by atoms with Crippen LogP contribution in [0, 0.1) is 0 Å². The maximum atomic E-state index is 11.0. The van der Waals surface area contributed by atoms with Gasteiger partial charge in [0.2, 0.25) is 5.91 Å². The van der Waals surface area contributed by atoms with E-state index in [4.69, 9.17) is 4.84 Å². The Labute approximate surface area is 71.0 Å². The second kappa shape index (κ2) is 3.45. The van der Waals surface area contributed by atoms with Gasteiger partial charge >= 0.3 is 0 Å². The van der Waals surface area contributed by atoms with Crippen molar-refractivity contribution in [1.29, 1.82) is 0 Å². The highest BCUT2D eigenvalue weighted by Crippen LogP contribution is 2.26. The highest BCUT2D eigenvalue weighted by atomic mass is 32.2. The summed E-state index contributed by atoms with van der Waals surface area (Å²) in [5.74, 6) is 0.0724. The molecule has 0 saturated carbocycles. The van der Waals surface area contributed by atoms with E-state index in [1.165, 1.54) is 5.06 Å². The highest BCUT2D eigenvalue weighted by Gasteiger charge is 2.28. The maximum absolute atomic E-state index is 11.0. The van der Waals surface area contributed by atoms with Crippen LogP contribution < -0.4 is 0 Å². The average Bonchev–Trinajstić information content (AvgIpc) is 2.10. The van der Waals surface area contributed by atoms with Crippen LogP contribution in [0.4, 0.5) is 0 Å². The van der Waals surface area contributed by atoms with E-state index in [0.717, 1.165) is 0 Å². The summed E-state index contributed by atoms with van der Waals surface area (Å²) in [6, 6.07) is 0. The van der Waals surface area contributed by atoms with Crippen molar-refractivity contribution in [2.45, 2.75) is 31.0 Å². The fraction of sp³-hybridized carbons (Fsp3) is 0.857. The van der Waals surface area contributed by atoms with Crippen LogP contribution in [0.3, 0.4) is 0 Å². The van der Waals surface area contributed by atoms with Crippen LogP contribution in [0.25, 0.3) is 0 Å². The largest absolute Gasteiger partial charge is 0.272 e. The maximum Gasteiger partial charge on any atom is 0.249 e. The summed E-state index contributed by atoms with van der Waals surface area (Å²) in [5, 5.41) is 1.83. The van der Waals surface area contributed by atoms with E-state index in [1.807, 2.05) is 0 Å². The van der Waals surface area contributed by atoms with E-state index in [0.29, 0.717) is 11.7 Å². The van der Waals surface area contributed by atoms with Crippen LogP contribution in [-0.2, 0) is 9.63 Å². The number of thioether (sulfide) groups is 1. The fourth-order valence-corrected chi connectivity index (χ4v) is 1.94. The second-order valence-corrected chi connectivity index (χ2v) is 4.56. The summed E-state index contributed by atoms with van der Waals surface area (Å²) in [4.78, 5) is 16.2. The number of carbonyl (C=O) groups is 1. The Hall–Kier alpha value is -0.220. The Bertz CT molecular complexity index is 161. The van der Waals surface area contributed by atoms with E-state index in [9.17, 15) is 4.79 Å². The van der Waals surface area contributed by atoms with E-state index >= 15 is 0 Å². The number of hydrogen-bond donors (Lipinski definition) is 0. The third kappa shape index (κ3) is 2.38. The van der Waals surface area contributed by atoms with Crippen molar-refractivity contribution in [3.8, 4) is 0 Å². The predicted molar refractivity (Wildman–Crippen MR) is 45.0 cm³/mol. The minimum absolute atomic E-state index is 0.0347. The summed E-state index contributed by atoms with van der Waals surface area (Å²) in [6.07, 6.45) is 0.513. The molecule has 1 unspecified atom stereocenters. The van der Waals surface area contributed by atoms with E-state index < -0.39 is 0 Å². The van der Waals surface area contributed by atoms with Crippen LogP contribution in [0.15, 0.2) is 0 Å². The Morgan fingerprint density at radius 3 is 2.73 bits per heavy atom. The molecule has 3 nitrogen and oxygen atoms in total. The van der Waals surface area contributed by atoms with E-state index in [2.05, 4.69) is 13.8 Å². The summed E-state index contributed by atoms with van der Waals surface area (Å²) in [5.41, 5.74) is 0.0347. The van der Waals surface area contributed by atoms with Crippen molar-refractivity contribution in [2.24, 2.45) is 0 Å². The quantitative estimate of drug-likeness (QED) is 0.632. The van der Waals surface area contributed by atoms with Gasteiger partial charge in [0.15, 0.2) is 0 Å². The van der Waals surface area contributed by atoms with Crippen molar-refractivity contribution in [3.05, 3.63) is 0 Å². The van der Waals surface area contributed by atoms with Crippen LogP contribution in [0.2, 0.25) is 0 Å². The van der Waals surface area contributed by atoms with Crippen molar-refractivity contribution in [1.82, 2.24) is 5.06 Å². The lowest BCUT2D eigenvalue weighted by Gasteiger charge is -2.11. The molecule has 4 heteroatoms. The van der Waals surface area contributed by atoms with Gasteiger partial charge in [0.05, 0.1) is 6.42 Å². The molecule has 1 amide bonds. The predicted octanol–water partition coefficient (Wildman–Crippen LogP) is 1.25. The first kappa shape index (κ1) is 8.87. The molecule has 0 aliphatic carbocycles. The van der Waals surface area contributed by atoms with Gasteiger partial charge in [-0.2, -0.15) is 0 Å². The zero-order valence-electron chi connectivity index (χ0n) is 7.03. The molecule has 0 radical (unpaired) electrons. The smallest absolute Gasteiger partial charge is 0.249 e. The van der Waals surface area contributed by atoms with Crippen molar-refractivity contribution >= 4 is 17.7 Å². The fourth-order valence-electron chi connectivity index (χ4n) is 0.920. The number of nitrogens with zero attached hydrogens (tertiary/aromatic N) is 1. The standard InChI is InChI=1S/C7H13NO2S/c1-5(2)11-7-4-6(9)8(3)10-7/h5,7H,4H2,1-3H3. The van der Waals surface area contributed by atoms with Crippen molar-refractivity contribution < 1.29 is 9.63 Å². The molecule has 64 valence electrons. The van der Waals surface area contributed by atoms with Gasteiger partial charge in [-0.15, -0.1) is 11.8 Å². The Kier molecular flexibility index (Phi) is 2.78. The topological polar surface area (TPSA) is 29.5 Å². The van der Waals surface area contributed by atoms with Gasteiger partial charge in [0.1, 0.15) is 5.44 Å². The monoisotopic (exact) mass is 175 g/mol. The average molecular weight is 175 g/mol. The molecule has 0 spiro atoms. The number of carbonyl (C=O) groups excluding carboxylic acids is 1. The molecular formula is C7H13NO2S. The molecule has 0 bridgehead atoms. The normalized spacial score (nSPS) is 25.3. The second-order valence-electron chi connectivity index (χ2n) is 2.82. The first-order valence-corrected chi connectivity index (χ1v) is 4.62. The molecule has 1 atom stereocenters. The van der Waals surface area contributed by atoms with Gasteiger partial charge in [-0.1, -0.05) is 13.8 Å². The summed E-state index contributed by atoms with van der Waals surface area (Å²) in [6.45, 7) is 4.19. The minimum Gasteiger partial charge on any atom is -0.272 e. The SMILES string of the molecule is CC(C)SC1CC(=O)N(C)O1. The molecule has 0 aromatic heterocycles. The van der Waals surface area contributed by atoms with Crippen LogP contribution in [0.5, 0.6) is 0 Å². The van der Waals surface area contributed by atoms with E-state index in [-0.39, 0.29) is 11.3 Å². The zero-order chi connectivity index (χ0) is 8.43. The summed E-state index contributed by atoms with van der Waals surface area (Å²) >= 11 is 1.68. The lowest BCUT2D eigenvalue weighted by molar-refractivity contribution is -0.156. The van der Waals surface area contributed by atoms with Crippen LogP contribution >= 0.6 is 11.8 Å². The lowest BCUT2D eigenvalue weighted by Crippen LogP contribution is -2.17. The third-order valence-corrected chi connectivity index (χ3v) is 2.49. The van der Waals surface area contributed by atoms with E-state index in [1.54, 1.807) is 18.8 Å². The molecule has 1 rings (SSSR count). The van der Waals surface area contributed by atoms with Gasteiger partial charge in [-0.05, 0) is 0 Å². The highest BCUT2D eigenvalue weighted by molar-refractivity contribution is 8.00. The Morgan fingerprint density at radius 2 is 2.36 bits per heavy atom. The lowest BCUT2D eigenvalue weighted by atomic mass is 10.4. The Balaban J connectivity index is 2.35. The summed E-state index contributed by atoms with van der Waals surface area (Å²) in [7, 11) is 1.66. The molecule has 0 aromatic carbocycles. The van der Waals surface area contributed by atoms with Crippen LogP contribution in [0.1, 0.15) is 20.3 Å². The van der Waals surface area contributed by atoms with Crippen LogP contribution in [-0.4, -0.2) is 28.7 Å². The van der Waals surface area contributed by atoms with Gasteiger partial charge in [-0.3, -0.25) is 9.63 Å². The molecule has 1 heterocycles. The van der Waals surface area contributed by atoms with Gasteiger partial charge < -0.3 is 0 Å². The molecular weight excluding hydrogens is 162 g/mol. The molecule has 1 fully saturated rings. The molecule has 1 aliphatic heterocycles. The Morgan fingerprint density at radius 1 is 1.73 bits per heavy atom. The van der Waals surface area contributed by atoms with Crippen molar-refractivity contribution in [3.63, 3.8) is 0 Å². The number of hydrogen-bond acceptors (Lipinski definition) is 3. The number of rotatable bonds is 2. The summed E-state index contributed by atoms with van der Waals surface area (Å²) < 4.78 is 0. The number of amides is 1. The molecule has 1 aliphatic rings. The number of hydroxylamine groups is 2. The minimum atomic E-state index is 0.0347. The molecule has 1 saturated heterocycles. The third-order valence-electron chi connectivity index (χ3n) is 1.39. The van der Waals surface area contributed by atoms with Gasteiger partial charge in [-0.25, -0.2) is 5.06 Å². The van der Waals surface area contributed by atoms with Gasteiger partial charge in [0, 0.05) is 12.3 Å². The molecule has 11 heavy (non-hydrogen) atoms. The first-order chi connectivity index (χ1) is 5.09. The zero-order valence-corrected chi connectivity index (χ0v) is 7.85. The van der Waals surface area contributed by atoms with Crippen molar-refractivity contribution in [2.75, 3.05) is 7.05 Å².